The molecule has 21 heavy (non-hydrogen) atoms. The minimum atomic E-state index is -0.875. The zero-order chi connectivity index (χ0) is 15.0. The molecule has 3 heteroatoms. The minimum absolute atomic E-state index is 0.760. The summed E-state index contributed by atoms with van der Waals surface area (Å²) in [6, 6.07) is 16.5. The van der Waals surface area contributed by atoms with Crippen molar-refractivity contribution in [2.24, 2.45) is 0 Å². The van der Waals surface area contributed by atoms with E-state index in [4.69, 9.17) is 4.74 Å². The summed E-state index contributed by atoms with van der Waals surface area (Å²) < 4.78 is 5.98. The lowest BCUT2D eigenvalue weighted by Crippen LogP contribution is -2.16. The van der Waals surface area contributed by atoms with E-state index in [9.17, 15) is 5.11 Å². The van der Waals surface area contributed by atoms with Crippen LogP contribution in [0.15, 0.2) is 48.5 Å². The van der Waals surface area contributed by atoms with E-state index in [1.54, 1.807) is 0 Å². The molecule has 0 radical (unpaired) electrons. The highest BCUT2D eigenvalue weighted by Gasteiger charge is 2.20. The fourth-order valence-corrected chi connectivity index (χ4v) is 3.17. The van der Waals surface area contributed by atoms with E-state index in [2.05, 4.69) is 24.3 Å². The van der Waals surface area contributed by atoms with Crippen molar-refractivity contribution in [3.05, 3.63) is 54.1 Å². The standard InChI is InChI=1S/C18H20O2Si/c1-18(2,19)16-9-5-8-14-15(16)10-12-6-3-4-7-13(12)17(14)20-11-21/h3-10,19H,11H2,1-2,21H3. The minimum Gasteiger partial charge on any atom is -0.497 e. The van der Waals surface area contributed by atoms with Crippen LogP contribution in [0.4, 0.5) is 0 Å². The molecule has 0 amide bonds. The highest BCUT2D eigenvalue weighted by atomic mass is 28.1. The van der Waals surface area contributed by atoms with E-state index < -0.39 is 5.60 Å². The van der Waals surface area contributed by atoms with Gasteiger partial charge in [-0.1, -0.05) is 42.5 Å². The van der Waals surface area contributed by atoms with Crippen molar-refractivity contribution < 1.29 is 9.84 Å². The molecule has 1 N–H and O–H groups in total. The number of aliphatic hydroxyl groups is 1. The summed E-state index contributed by atoms with van der Waals surface area (Å²) in [7, 11) is 0.993. The smallest absolute Gasteiger partial charge is 0.134 e. The molecular formula is C18H20O2Si. The number of rotatable bonds is 3. The van der Waals surface area contributed by atoms with Gasteiger partial charge in [-0.25, -0.2) is 0 Å². The second-order valence-electron chi connectivity index (χ2n) is 5.82. The maximum Gasteiger partial charge on any atom is 0.134 e. The fraction of sp³-hybridized carbons (Fsp3) is 0.222. The first kappa shape index (κ1) is 14.1. The Morgan fingerprint density at radius 3 is 2.43 bits per heavy atom. The second kappa shape index (κ2) is 5.17. The molecule has 108 valence electrons. The number of hydrogen-bond acceptors (Lipinski definition) is 2. The van der Waals surface area contributed by atoms with Gasteiger partial charge in [0.25, 0.3) is 0 Å². The molecule has 2 nitrogen and oxygen atoms in total. The Balaban J connectivity index is 2.47. The van der Waals surface area contributed by atoms with Crippen LogP contribution in [0.2, 0.25) is 0 Å². The highest BCUT2D eigenvalue weighted by molar-refractivity contribution is 6.10. The second-order valence-corrected chi connectivity index (χ2v) is 6.40. The van der Waals surface area contributed by atoms with Crippen molar-refractivity contribution in [1.82, 2.24) is 0 Å². The lowest BCUT2D eigenvalue weighted by molar-refractivity contribution is 0.0802. The van der Waals surface area contributed by atoms with Gasteiger partial charge in [-0.15, -0.1) is 0 Å². The third kappa shape index (κ3) is 2.43. The van der Waals surface area contributed by atoms with Gasteiger partial charge >= 0.3 is 0 Å². The van der Waals surface area contributed by atoms with Gasteiger partial charge in [-0.05, 0) is 36.2 Å². The number of ether oxygens (including phenoxy) is 1. The molecule has 0 spiro atoms. The SMILES string of the molecule is CC(C)(O)c1cccc2c(OC[SiH3])c3ccccc3cc12. The number of benzene rings is 3. The first-order valence-corrected chi connectivity index (χ1v) is 8.74. The van der Waals surface area contributed by atoms with E-state index in [1.165, 1.54) is 0 Å². The van der Waals surface area contributed by atoms with Gasteiger partial charge in [0.2, 0.25) is 0 Å². The van der Waals surface area contributed by atoms with E-state index in [0.29, 0.717) is 0 Å². The molecule has 0 bridgehead atoms. The summed E-state index contributed by atoms with van der Waals surface area (Å²) in [6.07, 6.45) is 0.760. The molecule has 0 aromatic heterocycles. The maximum atomic E-state index is 10.4. The molecule has 0 atom stereocenters. The third-order valence-electron chi connectivity index (χ3n) is 3.80. The Kier molecular flexibility index (Phi) is 3.47. The van der Waals surface area contributed by atoms with Crippen LogP contribution >= 0.6 is 0 Å². The van der Waals surface area contributed by atoms with Gasteiger partial charge in [0, 0.05) is 10.8 Å². The average Bonchev–Trinajstić information content (AvgIpc) is 2.45. The van der Waals surface area contributed by atoms with Crippen LogP contribution in [0.25, 0.3) is 21.5 Å². The lowest BCUT2D eigenvalue weighted by atomic mass is 9.90. The van der Waals surface area contributed by atoms with Crippen molar-refractivity contribution in [3.8, 4) is 5.75 Å². The molecule has 3 aromatic rings. The van der Waals surface area contributed by atoms with E-state index in [0.717, 1.165) is 49.3 Å². The summed E-state index contributed by atoms with van der Waals surface area (Å²) in [5.41, 5.74) is 0.0594. The fourth-order valence-electron chi connectivity index (χ4n) is 2.88. The predicted molar refractivity (Wildman–Crippen MR) is 92.1 cm³/mol. The van der Waals surface area contributed by atoms with E-state index >= 15 is 0 Å². The lowest BCUT2D eigenvalue weighted by Gasteiger charge is -2.22. The summed E-state index contributed by atoms with van der Waals surface area (Å²) in [6.45, 7) is 3.65. The van der Waals surface area contributed by atoms with Crippen molar-refractivity contribution in [3.63, 3.8) is 0 Å². The van der Waals surface area contributed by atoms with E-state index in [-0.39, 0.29) is 0 Å². The maximum absolute atomic E-state index is 10.4. The van der Waals surface area contributed by atoms with Gasteiger partial charge < -0.3 is 9.84 Å². The van der Waals surface area contributed by atoms with Crippen molar-refractivity contribution in [2.45, 2.75) is 19.4 Å². The van der Waals surface area contributed by atoms with Crippen LogP contribution in [0.5, 0.6) is 5.75 Å². The predicted octanol–water partition coefficient (Wildman–Crippen LogP) is 2.92. The van der Waals surface area contributed by atoms with E-state index in [1.807, 2.05) is 38.1 Å². The van der Waals surface area contributed by atoms with Crippen LogP contribution in [-0.4, -0.2) is 21.6 Å². The molecule has 0 heterocycles. The molecular weight excluding hydrogens is 276 g/mol. The largest absolute Gasteiger partial charge is 0.497 e. The molecule has 0 saturated heterocycles. The average molecular weight is 296 g/mol. The molecule has 0 saturated carbocycles. The zero-order valence-electron chi connectivity index (χ0n) is 12.7. The first-order valence-electron chi connectivity index (χ1n) is 7.32. The number of fused-ring (bicyclic) bond motifs is 2. The van der Waals surface area contributed by atoms with Crippen LogP contribution in [0.3, 0.4) is 0 Å². The molecule has 0 aliphatic rings. The van der Waals surface area contributed by atoms with Gasteiger partial charge in [0.1, 0.15) is 5.75 Å². The molecule has 0 unspecified atom stereocenters. The topological polar surface area (TPSA) is 29.5 Å². The Labute approximate surface area is 127 Å². The van der Waals surface area contributed by atoms with Crippen molar-refractivity contribution in [1.29, 1.82) is 0 Å². The van der Waals surface area contributed by atoms with Gasteiger partial charge in [0.05, 0.1) is 22.1 Å². The summed E-state index contributed by atoms with van der Waals surface area (Å²) in [5.74, 6) is 0.934. The molecule has 3 rings (SSSR count). The summed E-state index contributed by atoms with van der Waals surface area (Å²) in [5, 5.41) is 14.9. The van der Waals surface area contributed by atoms with Crippen LogP contribution in [-0.2, 0) is 5.60 Å². The van der Waals surface area contributed by atoms with Gasteiger partial charge in [-0.2, -0.15) is 0 Å². The first-order chi connectivity index (χ1) is 10.0. The molecule has 0 aliphatic carbocycles. The van der Waals surface area contributed by atoms with Gasteiger partial charge in [-0.3, -0.25) is 0 Å². The molecule has 3 aromatic carbocycles. The normalized spacial score (nSPS) is 12.1. The quantitative estimate of drug-likeness (QED) is 0.595. The molecule has 0 fully saturated rings. The van der Waals surface area contributed by atoms with Crippen LogP contribution < -0.4 is 4.74 Å². The zero-order valence-corrected chi connectivity index (χ0v) is 14.7. The Morgan fingerprint density at radius 2 is 1.71 bits per heavy atom. The number of hydrogen-bond donors (Lipinski definition) is 1. The van der Waals surface area contributed by atoms with Crippen molar-refractivity contribution in [2.75, 3.05) is 6.23 Å². The van der Waals surface area contributed by atoms with Crippen molar-refractivity contribution >= 4 is 31.8 Å². The van der Waals surface area contributed by atoms with Crippen LogP contribution in [0, 0.1) is 0 Å². The monoisotopic (exact) mass is 296 g/mol. The summed E-state index contributed by atoms with van der Waals surface area (Å²) in [4.78, 5) is 0. The Hall–Kier alpha value is -1.84. The highest BCUT2D eigenvalue weighted by Crippen LogP contribution is 2.38. The van der Waals surface area contributed by atoms with Gasteiger partial charge in [0.15, 0.2) is 0 Å². The van der Waals surface area contributed by atoms with Crippen LogP contribution in [0.1, 0.15) is 19.4 Å². The summed E-state index contributed by atoms with van der Waals surface area (Å²) >= 11 is 0. The molecule has 0 aliphatic heterocycles. The third-order valence-corrected chi connectivity index (χ3v) is 4.09. The Morgan fingerprint density at radius 1 is 1.00 bits per heavy atom. The Bertz CT molecular complexity index is 803.